The lowest BCUT2D eigenvalue weighted by atomic mass is 10.1. The van der Waals surface area contributed by atoms with Gasteiger partial charge in [-0.1, -0.05) is 6.07 Å². The number of hydrogen-bond donors (Lipinski definition) is 0. The molecule has 0 radical (unpaired) electrons. The van der Waals surface area contributed by atoms with Gasteiger partial charge in [-0.25, -0.2) is 22.5 Å². The normalized spacial score (nSPS) is 15.3. The first-order valence-corrected chi connectivity index (χ1v) is 12.7. The lowest BCUT2D eigenvalue weighted by molar-refractivity contribution is 0.0700. The molecule has 5 rings (SSSR count). The molecule has 1 fully saturated rings. The third-order valence-corrected chi connectivity index (χ3v) is 7.91. The van der Waals surface area contributed by atoms with E-state index in [9.17, 15) is 17.6 Å². The fourth-order valence-corrected chi connectivity index (χ4v) is 5.66. The molecule has 11 heteroatoms. The van der Waals surface area contributed by atoms with Crippen molar-refractivity contribution in [1.82, 2.24) is 24.0 Å². The van der Waals surface area contributed by atoms with Crippen LogP contribution in [0.5, 0.6) is 0 Å². The number of carbonyl (C=O) groups excluding carboxylic acids is 1. The predicted octanol–water partition coefficient (Wildman–Crippen LogP) is 3.56. The molecule has 1 aliphatic rings. The molecule has 0 saturated carbocycles. The molecule has 0 N–H and O–H groups in total. The van der Waals surface area contributed by atoms with Crippen molar-refractivity contribution in [3.05, 3.63) is 66.3 Å². The average Bonchev–Trinajstić information content (AvgIpc) is 3.53. The van der Waals surface area contributed by atoms with Crippen LogP contribution in [-0.4, -0.2) is 64.5 Å². The first-order chi connectivity index (χ1) is 16.8. The van der Waals surface area contributed by atoms with E-state index in [4.69, 9.17) is 4.42 Å². The van der Waals surface area contributed by atoms with Crippen molar-refractivity contribution < 1.29 is 22.0 Å². The Labute approximate surface area is 201 Å². The average molecular weight is 498 g/mol. The molecule has 4 aromatic rings. The summed E-state index contributed by atoms with van der Waals surface area (Å²) < 4.78 is 48.0. The van der Waals surface area contributed by atoms with Crippen LogP contribution in [0.15, 0.2) is 64.2 Å². The maximum Gasteiger partial charge on any atom is 0.254 e. The van der Waals surface area contributed by atoms with Gasteiger partial charge in [0, 0.05) is 32.2 Å². The Bertz CT molecular complexity index is 1490. The summed E-state index contributed by atoms with van der Waals surface area (Å²) in [6.45, 7) is 4.57. The quantitative estimate of drug-likeness (QED) is 0.418. The van der Waals surface area contributed by atoms with E-state index in [2.05, 4.69) is 10.1 Å². The highest BCUT2D eigenvalue weighted by Gasteiger charge is 2.32. The molecule has 0 aliphatic carbocycles. The Morgan fingerprint density at radius 2 is 1.86 bits per heavy atom. The second kappa shape index (κ2) is 8.90. The molecule has 1 aromatic carbocycles. The van der Waals surface area contributed by atoms with Gasteiger partial charge < -0.3 is 9.32 Å². The number of benzene rings is 1. The summed E-state index contributed by atoms with van der Waals surface area (Å²) in [4.78, 5) is 19.8. The molecule has 35 heavy (non-hydrogen) atoms. The second-order valence-corrected chi connectivity index (χ2v) is 10.5. The number of carbonyl (C=O) groups is 1. The van der Waals surface area contributed by atoms with Gasteiger partial charge in [0.15, 0.2) is 11.4 Å². The second-order valence-electron chi connectivity index (χ2n) is 8.61. The minimum Gasteiger partial charge on any atom is -0.463 e. The smallest absolute Gasteiger partial charge is 0.254 e. The van der Waals surface area contributed by atoms with E-state index in [0.717, 1.165) is 6.07 Å². The number of fused-ring (bicyclic) bond motifs is 1. The van der Waals surface area contributed by atoms with Crippen molar-refractivity contribution >= 4 is 27.0 Å². The fourth-order valence-electron chi connectivity index (χ4n) is 4.20. The van der Waals surface area contributed by atoms with Gasteiger partial charge in [-0.2, -0.15) is 9.40 Å². The van der Waals surface area contributed by atoms with Crippen LogP contribution in [-0.2, 0) is 10.0 Å². The predicted molar refractivity (Wildman–Crippen MR) is 127 cm³/mol. The number of rotatable bonds is 5. The zero-order valence-electron chi connectivity index (χ0n) is 19.3. The number of furan rings is 1. The molecule has 0 bridgehead atoms. The highest BCUT2D eigenvalue weighted by Crippen LogP contribution is 2.28. The number of nitrogens with zero attached hydrogens (tertiary/aromatic N) is 5. The van der Waals surface area contributed by atoms with Crippen LogP contribution in [0.2, 0.25) is 0 Å². The SMILES string of the molecule is CC(C)n1ncc2c(C(=O)N3CCN(S(=O)(=O)c4cccc(F)c4)CC3)cc(-c3ccco3)nc21. The third kappa shape index (κ3) is 4.21. The maximum atomic E-state index is 13.6. The Balaban J connectivity index is 1.43. The molecule has 4 heterocycles. The molecule has 1 amide bonds. The van der Waals surface area contributed by atoms with Crippen molar-refractivity contribution in [2.45, 2.75) is 24.8 Å². The number of aromatic nitrogens is 3. The van der Waals surface area contributed by atoms with Crippen molar-refractivity contribution in [2.24, 2.45) is 0 Å². The van der Waals surface area contributed by atoms with Gasteiger partial charge in [0.05, 0.1) is 28.3 Å². The number of piperazine rings is 1. The van der Waals surface area contributed by atoms with E-state index in [0.29, 0.717) is 28.1 Å². The van der Waals surface area contributed by atoms with E-state index in [1.165, 1.54) is 22.5 Å². The molecular formula is C24H24FN5O4S. The Morgan fingerprint density at radius 1 is 1.09 bits per heavy atom. The summed E-state index contributed by atoms with van der Waals surface area (Å²) in [5.41, 5.74) is 1.51. The monoisotopic (exact) mass is 497 g/mol. The van der Waals surface area contributed by atoms with Crippen molar-refractivity contribution in [3.63, 3.8) is 0 Å². The summed E-state index contributed by atoms with van der Waals surface area (Å²) >= 11 is 0. The highest BCUT2D eigenvalue weighted by atomic mass is 32.2. The Morgan fingerprint density at radius 3 is 2.51 bits per heavy atom. The van der Waals surface area contributed by atoms with Crippen molar-refractivity contribution in [2.75, 3.05) is 26.2 Å². The van der Waals surface area contributed by atoms with Crippen LogP contribution in [0.1, 0.15) is 30.2 Å². The largest absolute Gasteiger partial charge is 0.463 e. The summed E-state index contributed by atoms with van der Waals surface area (Å²) in [6.07, 6.45) is 3.17. The molecule has 1 saturated heterocycles. The van der Waals surface area contributed by atoms with E-state index >= 15 is 0 Å². The number of sulfonamides is 1. The molecule has 0 atom stereocenters. The summed E-state index contributed by atoms with van der Waals surface area (Å²) in [5.74, 6) is -0.323. The maximum absolute atomic E-state index is 13.6. The fraction of sp³-hybridized carbons (Fsp3) is 0.292. The van der Waals surface area contributed by atoms with Gasteiger partial charge in [-0.15, -0.1) is 0 Å². The number of pyridine rings is 1. The van der Waals surface area contributed by atoms with Gasteiger partial charge >= 0.3 is 0 Å². The van der Waals surface area contributed by atoms with Crippen LogP contribution in [0.3, 0.4) is 0 Å². The van der Waals surface area contributed by atoms with Crippen molar-refractivity contribution in [1.29, 1.82) is 0 Å². The number of hydrogen-bond acceptors (Lipinski definition) is 6. The first kappa shape index (κ1) is 23.2. The molecule has 3 aromatic heterocycles. The Kier molecular flexibility index (Phi) is 5.89. The molecule has 1 aliphatic heterocycles. The minimum absolute atomic E-state index is 0.0337. The molecule has 0 unspecified atom stereocenters. The van der Waals surface area contributed by atoms with Crippen LogP contribution < -0.4 is 0 Å². The molecule has 182 valence electrons. The lowest BCUT2D eigenvalue weighted by Gasteiger charge is -2.34. The zero-order chi connectivity index (χ0) is 24.7. The standard InChI is InChI=1S/C24H24FN5O4S/c1-16(2)30-23-20(15-26-30)19(14-21(27-23)22-7-4-12-34-22)24(31)28-8-10-29(11-9-28)35(32,33)18-6-3-5-17(25)13-18/h3-7,12-16H,8-11H2,1-2H3. The minimum atomic E-state index is -3.86. The Hall–Kier alpha value is -3.57. The number of amides is 1. The highest BCUT2D eigenvalue weighted by molar-refractivity contribution is 7.89. The topological polar surface area (TPSA) is 102 Å². The zero-order valence-corrected chi connectivity index (χ0v) is 20.1. The van der Waals surface area contributed by atoms with Crippen LogP contribution in [0, 0.1) is 5.82 Å². The molecule has 0 spiro atoms. The van der Waals surface area contributed by atoms with Gasteiger partial charge in [0.25, 0.3) is 5.91 Å². The van der Waals surface area contributed by atoms with Gasteiger partial charge in [-0.3, -0.25) is 4.79 Å². The van der Waals surface area contributed by atoms with E-state index in [-0.39, 0.29) is 43.0 Å². The summed E-state index contributed by atoms with van der Waals surface area (Å²) in [6, 6.07) is 10.2. The number of halogens is 1. The molecular weight excluding hydrogens is 473 g/mol. The third-order valence-electron chi connectivity index (χ3n) is 6.02. The van der Waals surface area contributed by atoms with E-state index < -0.39 is 15.8 Å². The van der Waals surface area contributed by atoms with Crippen LogP contribution in [0.4, 0.5) is 4.39 Å². The van der Waals surface area contributed by atoms with Gasteiger partial charge in [-0.05, 0) is 50.2 Å². The van der Waals surface area contributed by atoms with Crippen molar-refractivity contribution in [3.8, 4) is 11.5 Å². The van der Waals surface area contributed by atoms with Gasteiger partial charge in [0.1, 0.15) is 11.5 Å². The van der Waals surface area contributed by atoms with E-state index in [1.807, 2.05) is 13.8 Å². The van der Waals surface area contributed by atoms with Crippen LogP contribution in [0.25, 0.3) is 22.5 Å². The van der Waals surface area contributed by atoms with E-state index in [1.54, 1.807) is 40.2 Å². The summed E-state index contributed by atoms with van der Waals surface area (Å²) in [5, 5.41) is 5.04. The lowest BCUT2D eigenvalue weighted by Crippen LogP contribution is -2.50. The first-order valence-electron chi connectivity index (χ1n) is 11.2. The van der Waals surface area contributed by atoms with Gasteiger partial charge in [0.2, 0.25) is 10.0 Å². The van der Waals surface area contributed by atoms with Crippen LogP contribution >= 0.6 is 0 Å². The molecule has 9 nitrogen and oxygen atoms in total. The summed E-state index contributed by atoms with van der Waals surface area (Å²) in [7, 11) is -3.86.